The second-order valence-corrected chi connectivity index (χ2v) is 7.56. The fourth-order valence-corrected chi connectivity index (χ4v) is 6.01. The molecule has 1 heteroatoms. The summed E-state index contributed by atoms with van der Waals surface area (Å²) in [5, 5.41) is 11.0. The highest BCUT2D eigenvalue weighted by molar-refractivity contribution is 5.14. The van der Waals surface area contributed by atoms with E-state index in [4.69, 9.17) is 0 Å². The lowest BCUT2D eigenvalue weighted by Crippen LogP contribution is -2.66. The minimum Gasteiger partial charge on any atom is -0.390 e. The summed E-state index contributed by atoms with van der Waals surface area (Å²) in [5.41, 5.74) is 0.151. The summed E-state index contributed by atoms with van der Waals surface area (Å²) in [4.78, 5) is 0. The Morgan fingerprint density at radius 1 is 1.00 bits per heavy atom. The highest BCUT2D eigenvalue weighted by atomic mass is 16.3. The van der Waals surface area contributed by atoms with E-state index in [9.17, 15) is 5.11 Å². The van der Waals surface area contributed by atoms with Crippen LogP contribution in [0, 0.1) is 23.2 Å². The lowest BCUT2D eigenvalue weighted by atomic mass is 9.37. The molecule has 0 aromatic heterocycles. The highest BCUT2D eigenvalue weighted by Crippen LogP contribution is 2.68. The van der Waals surface area contributed by atoms with Crippen LogP contribution in [0.5, 0.6) is 0 Å². The standard InChI is InChI=1S/C17H30O/c1-3-17(18)12-8-11-16(2)14-10-7-5-4-6-9-13(14)15(16)17/h13-15,18H,3-12H2,1-2H3. The molecular formula is C17H30O. The number of hydrogen-bond acceptors (Lipinski definition) is 1. The zero-order chi connectivity index (χ0) is 12.8. The molecule has 104 valence electrons. The molecule has 1 nitrogen and oxygen atoms in total. The van der Waals surface area contributed by atoms with Gasteiger partial charge < -0.3 is 5.11 Å². The van der Waals surface area contributed by atoms with Crippen molar-refractivity contribution in [2.45, 2.75) is 83.7 Å². The van der Waals surface area contributed by atoms with E-state index in [1.807, 2.05) is 0 Å². The Kier molecular flexibility index (Phi) is 3.25. The van der Waals surface area contributed by atoms with Gasteiger partial charge in [-0.05, 0) is 55.3 Å². The summed E-state index contributed by atoms with van der Waals surface area (Å²) in [5.74, 6) is 2.40. The predicted octanol–water partition coefficient (Wildman–Crippen LogP) is 4.53. The Bertz CT molecular complexity index is 313. The van der Waals surface area contributed by atoms with Gasteiger partial charge in [-0.3, -0.25) is 0 Å². The quantitative estimate of drug-likeness (QED) is 0.724. The van der Waals surface area contributed by atoms with Crippen molar-refractivity contribution < 1.29 is 5.11 Å². The second-order valence-electron chi connectivity index (χ2n) is 7.56. The van der Waals surface area contributed by atoms with Gasteiger partial charge >= 0.3 is 0 Å². The van der Waals surface area contributed by atoms with Crippen LogP contribution in [-0.2, 0) is 0 Å². The Morgan fingerprint density at radius 3 is 2.44 bits per heavy atom. The Balaban J connectivity index is 1.86. The van der Waals surface area contributed by atoms with Gasteiger partial charge in [0.1, 0.15) is 0 Å². The molecule has 0 bridgehead atoms. The third-order valence-electron chi connectivity index (χ3n) is 6.82. The number of hydrogen-bond donors (Lipinski definition) is 1. The summed E-state index contributed by atoms with van der Waals surface area (Å²) in [7, 11) is 0. The van der Waals surface area contributed by atoms with Crippen molar-refractivity contribution in [1.29, 1.82) is 0 Å². The molecule has 0 aromatic rings. The van der Waals surface area contributed by atoms with Gasteiger partial charge in [0.15, 0.2) is 0 Å². The molecule has 3 saturated carbocycles. The van der Waals surface area contributed by atoms with Gasteiger partial charge in [-0.1, -0.05) is 46.0 Å². The second kappa shape index (κ2) is 4.51. The fourth-order valence-electron chi connectivity index (χ4n) is 6.01. The topological polar surface area (TPSA) is 20.2 Å². The maximum atomic E-state index is 11.0. The first-order valence-electron chi connectivity index (χ1n) is 8.34. The number of rotatable bonds is 1. The molecule has 1 N–H and O–H groups in total. The van der Waals surface area contributed by atoms with Crippen LogP contribution in [0.3, 0.4) is 0 Å². The maximum Gasteiger partial charge on any atom is 0.0681 e. The molecule has 3 fully saturated rings. The van der Waals surface area contributed by atoms with Crippen molar-refractivity contribution in [3.63, 3.8) is 0 Å². The summed E-state index contributed by atoms with van der Waals surface area (Å²) >= 11 is 0. The van der Waals surface area contributed by atoms with E-state index in [0.717, 1.165) is 24.7 Å². The van der Waals surface area contributed by atoms with Gasteiger partial charge in [0.2, 0.25) is 0 Å². The molecule has 0 radical (unpaired) electrons. The molecule has 0 spiro atoms. The first kappa shape index (κ1) is 13.0. The summed E-state index contributed by atoms with van der Waals surface area (Å²) in [6.45, 7) is 4.70. The molecule has 5 unspecified atom stereocenters. The lowest BCUT2D eigenvalue weighted by molar-refractivity contribution is -0.244. The monoisotopic (exact) mass is 250 g/mol. The average Bonchev–Trinajstić information content (AvgIpc) is 2.31. The Morgan fingerprint density at radius 2 is 1.72 bits per heavy atom. The molecule has 0 heterocycles. The SMILES string of the molecule is CCC1(O)CCCC2(C)C3CCCCCCC3C12. The normalized spacial score (nSPS) is 52.5. The van der Waals surface area contributed by atoms with Crippen molar-refractivity contribution in [2.75, 3.05) is 0 Å². The highest BCUT2D eigenvalue weighted by Gasteiger charge is 2.65. The van der Waals surface area contributed by atoms with E-state index < -0.39 is 0 Å². The summed E-state index contributed by atoms with van der Waals surface area (Å²) < 4.78 is 0. The fraction of sp³-hybridized carbons (Fsp3) is 1.00. The van der Waals surface area contributed by atoms with Gasteiger partial charge in [0, 0.05) is 0 Å². The van der Waals surface area contributed by atoms with Gasteiger partial charge in [-0.2, -0.15) is 0 Å². The zero-order valence-electron chi connectivity index (χ0n) is 12.3. The van der Waals surface area contributed by atoms with Crippen LogP contribution >= 0.6 is 0 Å². The van der Waals surface area contributed by atoms with Crippen LogP contribution in [0.15, 0.2) is 0 Å². The van der Waals surface area contributed by atoms with Crippen molar-refractivity contribution in [2.24, 2.45) is 23.2 Å². The van der Waals surface area contributed by atoms with E-state index in [2.05, 4.69) is 13.8 Å². The van der Waals surface area contributed by atoms with Crippen LogP contribution in [0.4, 0.5) is 0 Å². The molecule has 0 aliphatic heterocycles. The maximum absolute atomic E-state index is 11.0. The predicted molar refractivity (Wildman–Crippen MR) is 75.4 cm³/mol. The molecule has 5 atom stereocenters. The number of aliphatic hydroxyl groups is 1. The van der Waals surface area contributed by atoms with Gasteiger partial charge in [-0.25, -0.2) is 0 Å². The molecule has 18 heavy (non-hydrogen) atoms. The van der Waals surface area contributed by atoms with Gasteiger partial charge in [0.25, 0.3) is 0 Å². The van der Waals surface area contributed by atoms with Crippen molar-refractivity contribution >= 4 is 0 Å². The Hall–Kier alpha value is -0.0400. The molecular weight excluding hydrogens is 220 g/mol. The minimum absolute atomic E-state index is 0.326. The van der Waals surface area contributed by atoms with Crippen LogP contribution in [0.1, 0.15) is 78.1 Å². The molecule has 3 aliphatic carbocycles. The third kappa shape index (κ3) is 1.69. The first-order chi connectivity index (χ1) is 8.62. The van der Waals surface area contributed by atoms with E-state index in [1.54, 1.807) is 0 Å². The summed E-state index contributed by atoms with van der Waals surface area (Å²) in [6.07, 6.45) is 13.2. The molecule has 3 rings (SSSR count). The molecule has 0 saturated heterocycles. The minimum atomic E-state index is -0.326. The molecule has 0 amide bonds. The van der Waals surface area contributed by atoms with Gasteiger partial charge in [0.05, 0.1) is 5.60 Å². The summed E-state index contributed by atoms with van der Waals surface area (Å²) in [6, 6.07) is 0. The van der Waals surface area contributed by atoms with Crippen LogP contribution < -0.4 is 0 Å². The van der Waals surface area contributed by atoms with Gasteiger partial charge in [-0.15, -0.1) is 0 Å². The van der Waals surface area contributed by atoms with E-state index >= 15 is 0 Å². The molecule has 0 aromatic carbocycles. The van der Waals surface area contributed by atoms with Crippen LogP contribution in [-0.4, -0.2) is 10.7 Å². The third-order valence-corrected chi connectivity index (χ3v) is 6.82. The van der Waals surface area contributed by atoms with Crippen LogP contribution in [0.2, 0.25) is 0 Å². The van der Waals surface area contributed by atoms with E-state index in [1.165, 1.54) is 51.4 Å². The van der Waals surface area contributed by atoms with E-state index in [0.29, 0.717) is 11.3 Å². The lowest BCUT2D eigenvalue weighted by Gasteiger charge is -2.68. The van der Waals surface area contributed by atoms with Crippen molar-refractivity contribution in [3.05, 3.63) is 0 Å². The molecule has 3 aliphatic rings. The van der Waals surface area contributed by atoms with Crippen molar-refractivity contribution in [1.82, 2.24) is 0 Å². The first-order valence-corrected chi connectivity index (χ1v) is 8.34. The van der Waals surface area contributed by atoms with Crippen molar-refractivity contribution in [3.8, 4) is 0 Å². The largest absolute Gasteiger partial charge is 0.390 e. The Labute approximate surface area is 112 Å². The zero-order valence-corrected chi connectivity index (χ0v) is 12.3. The number of fused-ring (bicyclic) bond motifs is 4. The van der Waals surface area contributed by atoms with Crippen LogP contribution in [0.25, 0.3) is 0 Å². The van der Waals surface area contributed by atoms with E-state index in [-0.39, 0.29) is 5.60 Å². The average molecular weight is 250 g/mol. The smallest absolute Gasteiger partial charge is 0.0681 e.